The van der Waals surface area contributed by atoms with E-state index in [1.165, 1.54) is 24.3 Å². The lowest BCUT2D eigenvalue weighted by Crippen LogP contribution is -2.20. The largest absolute Gasteiger partial charge is 0.506 e. The summed E-state index contributed by atoms with van der Waals surface area (Å²) in [4.78, 5) is 8.54. The topological polar surface area (TPSA) is 98.0 Å². The number of halogens is 1. The number of nitrogens with two attached hydrogens (primary N) is 1. The van der Waals surface area contributed by atoms with Gasteiger partial charge in [-0.05, 0) is 41.6 Å². The summed E-state index contributed by atoms with van der Waals surface area (Å²) in [6.45, 7) is 4.95. The molecule has 5 rings (SSSR count). The molecule has 0 saturated carbocycles. The molecule has 0 fully saturated rings. The van der Waals surface area contributed by atoms with E-state index in [0.29, 0.717) is 40.8 Å². The summed E-state index contributed by atoms with van der Waals surface area (Å²) in [5.74, 6) is 0.0233. The predicted molar refractivity (Wildman–Crippen MR) is 130 cm³/mol. The maximum atomic E-state index is 13.8. The second-order valence-electron chi connectivity index (χ2n) is 7.26. The zero-order valence-corrected chi connectivity index (χ0v) is 18.3. The lowest BCUT2D eigenvalue weighted by atomic mass is 10.2. The fourth-order valence-corrected chi connectivity index (χ4v) is 4.46. The van der Waals surface area contributed by atoms with Gasteiger partial charge in [0.1, 0.15) is 29.1 Å². The molecule has 8 nitrogen and oxygen atoms in total. The van der Waals surface area contributed by atoms with Gasteiger partial charge in [-0.25, -0.2) is 19.0 Å². The number of benzene rings is 2. The smallest absolute Gasteiger partial charge is 0.172 e. The highest BCUT2D eigenvalue weighted by Gasteiger charge is 2.20. The maximum absolute atomic E-state index is 13.8. The molecule has 0 amide bonds. The Morgan fingerprint density at radius 3 is 2.79 bits per heavy atom. The fraction of sp³-hybridized carbons (Fsp3) is 0.0870. The minimum Gasteiger partial charge on any atom is -0.506 e. The van der Waals surface area contributed by atoms with E-state index in [1.54, 1.807) is 26.9 Å². The van der Waals surface area contributed by atoms with E-state index in [4.69, 9.17) is 10.8 Å². The quantitative estimate of drug-likeness (QED) is 0.345. The molecule has 166 valence electrons. The molecule has 0 aliphatic heterocycles. The highest BCUT2D eigenvalue weighted by molar-refractivity contribution is 8.03. The Balaban J connectivity index is 1.59. The normalized spacial score (nSPS) is 11.3. The third-order valence-electron chi connectivity index (χ3n) is 5.26. The third-order valence-corrected chi connectivity index (χ3v) is 6.05. The molecule has 0 saturated heterocycles. The Kier molecular flexibility index (Phi) is 5.35. The highest BCUT2D eigenvalue weighted by Crippen LogP contribution is 2.33. The summed E-state index contributed by atoms with van der Waals surface area (Å²) in [6, 6.07) is 14.1. The number of fused-ring (bicyclic) bond motifs is 2. The molecule has 0 aliphatic carbocycles. The molecule has 3 heterocycles. The molecule has 33 heavy (non-hydrogen) atoms. The number of rotatable bonds is 7. The second kappa shape index (κ2) is 8.47. The second-order valence-corrected chi connectivity index (χ2v) is 8.25. The maximum Gasteiger partial charge on any atom is 0.172 e. The minimum atomic E-state index is -0.517. The van der Waals surface area contributed by atoms with E-state index >= 15 is 0 Å². The van der Waals surface area contributed by atoms with Gasteiger partial charge in [0.2, 0.25) is 0 Å². The highest BCUT2D eigenvalue weighted by atomic mass is 32.2. The first kappa shape index (κ1) is 20.8. The van der Waals surface area contributed by atoms with Crippen LogP contribution in [-0.2, 0) is 6.54 Å². The van der Waals surface area contributed by atoms with Gasteiger partial charge in [0, 0.05) is 29.9 Å². The van der Waals surface area contributed by atoms with Gasteiger partial charge >= 0.3 is 0 Å². The van der Waals surface area contributed by atoms with Gasteiger partial charge in [0.05, 0.1) is 12.1 Å². The Bertz CT molecular complexity index is 1460. The van der Waals surface area contributed by atoms with Crippen LogP contribution in [0.2, 0.25) is 0 Å². The fourth-order valence-electron chi connectivity index (χ4n) is 3.85. The van der Waals surface area contributed by atoms with E-state index in [0.717, 1.165) is 11.8 Å². The summed E-state index contributed by atoms with van der Waals surface area (Å²) < 4.78 is 19.3. The molecule has 0 radical (unpaired) electrons. The van der Waals surface area contributed by atoms with Gasteiger partial charge in [-0.15, -0.1) is 0 Å². The number of para-hydroxylation sites is 1. The van der Waals surface area contributed by atoms with Crippen molar-refractivity contribution >= 4 is 45.4 Å². The van der Waals surface area contributed by atoms with E-state index in [-0.39, 0.29) is 11.6 Å². The Morgan fingerprint density at radius 2 is 2.00 bits per heavy atom. The standard InChI is InChI=1S/C23H20FN7OS/c1-2-33-31(17-6-4-3-5-7-17)11-10-30-22-19(21(25)26-14-27-22)23(28-30)29-9-8-15-12-16(24)13-18(32)20(15)29/h2-9,12-14,32H,1,10-11H2,(H2,25,26,27). The molecule has 0 unspecified atom stereocenters. The average molecular weight is 462 g/mol. The van der Waals surface area contributed by atoms with E-state index in [2.05, 4.69) is 20.9 Å². The first-order chi connectivity index (χ1) is 16.1. The summed E-state index contributed by atoms with van der Waals surface area (Å²) in [5.41, 5.74) is 8.24. The number of anilines is 2. The number of phenolic OH excluding ortho intramolecular Hbond substituents is 1. The Labute approximate surface area is 192 Å². The van der Waals surface area contributed by atoms with Gasteiger partial charge in [0.25, 0.3) is 0 Å². The monoisotopic (exact) mass is 461 g/mol. The molecular formula is C23H20FN7OS. The van der Waals surface area contributed by atoms with Crippen molar-refractivity contribution in [3.8, 4) is 11.6 Å². The number of hydrogen-bond acceptors (Lipinski definition) is 7. The Hall–Kier alpha value is -4.05. The zero-order chi connectivity index (χ0) is 22.9. The van der Waals surface area contributed by atoms with Crippen molar-refractivity contribution in [3.05, 3.63) is 78.9 Å². The van der Waals surface area contributed by atoms with Crippen molar-refractivity contribution in [3.63, 3.8) is 0 Å². The number of aromatic nitrogens is 5. The van der Waals surface area contributed by atoms with Crippen LogP contribution in [0.15, 0.2) is 73.0 Å². The van der Waals surface area contributed by atoms with E-state index in [9.17, 15) is 9.50 Å². The summed E-state index contributed by atoms with van der Waals surface area (Å²) in [5, 5.41) is 18.1. The van der Waals surface area contributed by atoms with Crippen molar-refractivity contribution in [2.45, 2.75) is 6.54 Å². The number of aromatic hydroxyl groups is 1. The van der Waals surface area contributed by atoms with Crippen LogP contribution in [0.25, 0.3) is 27.8 Å². The molecule has 3 aromatic heterocycles. The van der Waals surface area contributed by atoms with Crippen LogP contribution >= 0.6 is 11.9 Å². The van der Waals surface area contributed by atoms with Crippen LogP contribution in [0, 0.1) is 5.82 Å². The van der Waals surface area contributed by atoms with E-state index < -0.39 is 5.82 Å². The number of nitrogen functional groups attached to an aromatic ring is 1. The molecule has 10 heteroatoms. The molecule has 0 atom stereocenters. The van der Waals surface area contributed by atoms with Crippen LogP contribution in [-0.4, -0.2) is 36.0 Å². The number of phenols is 1. The van der Waals surface area contributed by atoms with Crippen molar-refractivity contribution in [1.82, 2.24) is 24.3 Å². The zero-order valence-electron chi connectivity index (χ0n) is 17.5. The van der Waals surface area contributed by atoms with Crippen LogP contribution in [0.5, 0.6) is 5.75 Å². The van der Waals surface area contributed by atoms with Crippen molar-refractivity contribution in [2.24, 2.45) is 0 Å². The first-order valence-electron chi connectivity index (χ1n) is 10.1. The van der Waals surface area contributed by atoms with Crippen molar-refractivity contribution in [1.29, 1.82) is 0 Å². The lowest BCUT2D eigenvalue weighted by molar-refractivity contribution is 0.473. The number of nitrogens with zero attached hydrogens (tertiary/aromatic N) is 6. The summed E-state index contributed by atoms with van der Waals surface area (Å²) in [6.07, 6.45) is 3.11. The van der Waals surface area contributed by atoms with Crippen LogP contribution in [0.4, 0.5) is 15.9 Å². The summed E-state index contributed by atoms with van der Waals surface area (Å²) >= 11 is 1.49. The van der Waals surface area contributed by atoms with Crippen LogP contribution in [0.3, 0.4) is 0 Å². The van der Waals surface area contributed by atoms with Gasteiger partial charge in [-0.3, -0.25) is 4.57 Å². The van der Waals surface area contributed by atoms with Gasteiger partial charge < -0.3 is 15.1 Å². The van der Waals surface area contributed by atoms with Crippen LogP contribution < -0.4 is 10.0 Å². The first-order valence-corrected chi connectivity index (χ1v) is 11.0. The summed E-state index contributed by atoms with van der Waals surface area (Å²) in [7, 11) is 0. The SMILES string of the molecule is C=CSN(CCn1nc(-n2ccc3cc(F)cc(O)c32)c2c(N)ncnc21)c1ccccc1. The predicted octanol–water partition coefficient (Wildman–Crippen LogP) is 4.50. The lowest BCUT2D eigenvalue weighted by Gasteiger charge is -2.21. The van der Waals surface area contributed by atoms with Gasteiger partial charge in [0.15, 0.2) is 11.5 Å². The molecule has 5 aromatic rings. The minimum absolute atomic E-state index is 0.189. The van der Waals surface area contributed by atoms with Crippen molar-refractivity contribution in [2.75, 3.05) is 16.6 Å². The molecule has 3 N–H and O–H groups in total. The Morgan fingerprint density at radius 1 is 1.18 bits per heavy atom. The van der Waals surface area contributed by atoms with Gasteiger partial charge in [-0.1, -0.05) is 24.8 Å². The molecular weight excluding hydrogens is 441 g/mol. The molecule has 0 bridgehead atoms. The van der Waals surface area contributed by atoms with Crippen molar-refractivity contribution < 1.29 is 9.50 Å². The number of hydrogen-bond donors (Lipinski definition) is 2. The third kappa shape index (κ3) is 3.74. The molecule has 0 spiro atoms. The molecule has 0 aliphatic rings. The molecule has 2 aromatic carbocycles. The van der Waals surface area contributed by atoms with Gasteiger partial charge in [-0.2, -0.15) is 5.10 Å². The van der Waals surface area contributed by atoms with Crippen LogP contribution in [0.1, 0.15) is 0 Å². The average Bonchev–Trinajstić information content (AvgIpc) is 3.39. The van der Waals surface area contributed by atoms with E-state index in [1.807, 2.05) is 30.3 Å².